The number of sulfone groups is 1. The molecule has 156 valence electrons. The van der Waals surface area contributed by atoms with Crippen molar-refractivity contribution in [3.05, 3.63) is 65.5 Å². The normalized spacial score (nSPS) is 18.9. The molecule has 5 nitrogen and oxygen atoms in total. The van der Waals surface area contributed by atoms with Crippen LogP contribution >= 0.6 is 0 Å². The lowest BCUT2D eigenvalue weighted by molar-refractivity contribution is -0.141. The van der Waals surface area contributed by atoms with Crippen molar-refractivity contribution in [2.24, 2.45) is 0 Å². The number of nitrogens with zero attached hydrogens (tertiary/aromatic N) is 1. The molecule has 2 aromatic carbocycles. The van der Waals surface area contributed by atoms with Gasteiger partial charge >= 0.3 is 0 Å². The third-order valence-corrected chi connectivity index (χ3v) is 6.91. The Kier molecular flexibility index (Phi) is 6.57. The van der Waals surface area contributed by atoms with Gasteiger partial charge < -0.3 is 9.64 Å². The SMILES string of the molecule is CC[C@@H](Oc1ccccc1F)C(=O)N(Cc1ccc(C)cc1)[C@H]1CCS(=O)(=O)C1. The number of halogens is 1. The zero-order valence-corrected chi connectivity index (χ0v) is 17.5. The number of carbonyl (C=O) groups is 1. The Morgan fingerprint density at radius 2 is 1.90 bits per heavy atom. The first-order valence-corrected chi connectivity index (χ1v) is 11.6. The summed E-state index contributed by atoms with van der Waals surface area (Å²) in [6.45, 7) is 4.06. The number of hydrogen-bond acceptors (Lipinski definition) is 4. The van der Waals surface area contributed by atoms with E-state index in [1.165, 1.54) is 12.1 Å². The zero-order valence-electron chi connectivity index (χ0n) is 16.7. The second kappa shape index (κ2) is 8.95. The summed E-state index contributed by atoms with van der Waals surface area (Å²) in [5, 5.41) is 0. The van der Waals surface area contributed by atoms with Gasteiger partial charge in [0.15, 0.2) is 27.5 Å². The Morgan fingerprint density at radius 3 is 2.48 bits per heavy atom. The summed E-state index contributed by atoms with van der Waals surface area (Å²) in [4.78, 5) is 14.9. The molecule has 0 unspecified atom stereocenters. The Balaban J connectivity index is 1.85. The van der Waals surface area contributed by atoms with E-state index in [4.69, 9.17) is 4.74 Å². The highest BCUT2D eigenvalue weighted by atomic mass is 32.2. The monoisotopic (exact) mass is 419 g/mol. The van der Waals surface area contributed by atoms with Crippen LogP contribution < -0.4 is 4.74 Å². The molecular weight excluding hydrogens is 393 g/mol. The maximum absolute atomic E-state index is 14.0. The summed E-state index contributed by atoms with van der Waals surface area (Å²) in [5.74, 6) is -0.825. The smallest absolute Gasteiger partial charge is 0.264 e. The van der Waals surface area contributed by atoms with Gasteiger partial charge in [-0.3, -0.25) is 4.79 Å². The van der Waals surface area contributed by atoms with Gasteiger partial charge in [0, 0.05) is 12.6 Å². The number of rotatable bonds is 7. The third-order valence-electron chi connectivity index (χ3n) is 5.16. The molecule has 0 saturated carbocycles. The van der Waals surface area contributed by atoms with Crippen molar-refractivity contribution >= 4 is 15.7 Å². The van der Waals surface area contributed by atoms with E-state index < -0.39 is 27.8 Å². The molecule has 7 heteroatoms. The maximum Gasteiger partial charge on any atom is 0.264 e. The van der Waals surface area contributed by atoms with Gasteiger partial charge in [0.25, 0.3) is 5.91 Å². The van der Waals surface area contributed by atoms with Crippen molar-refractivity contribution < 1.29 is 22.3 Å². The Hall–Kier alpha value is -2.41. The second-order valence-electron chi connectivity index (χ2n) is 7.45. The topological polar surface area (TPSA) is 63.7 Å². The molecule has 0 radical (unpaired) electrons. The number of amides is 1. The fraction of sp³-hybridized carbons (Fsp3) is 0.409. The number of para-hydroxylation sites is 1. The van der Waals surface area contributed by atoms with E-state index in [2.05, 4.69) is 0 Å². The third kappa shape index (κ3) is 5.35. The zero-order chi connectivity index (χ0) is 21.0. The van der Waals surface area contributed by atoms with Gasteiger partial charge in [0.2, 0.25) is 0 Å². The van der Waals surface area contributed by atoms with Crippen molar-refractivity contribution in [1.29, 1.82) is 0 Å². The molecule has 2 atom stereocenters. The number of ether oxygens (including phenoxy) is 1. The quantitative estimate of drug-likeness (QED) is 0.689. The van der Waals surface area contributed by atoms with Crippen molar-refractivity contribution in [3.8, 4) is 5.75 Å². The van der Waals surface area contributed by atoms with Crippen LogP contribution in [0.5, 0.6) is 5.75 Å². The van der Waals surface area contributed by atoms with E-state index in [9.17, 15) is 17.6 Å². The van der Waals surface area contributed by atoms with E-state index in [1.54, 1.807) is 24.0 Å². The molecule has 29 heavy (non-hydrogen) atoms. The van der Waals surface area contributed by atoms with Crippen molar-refractivity contribution in [1.82, 2.24) is 4.90 Å². The van der Waals surface area contributed by atoms with Gasteiger partial charge in [-0.05, 0) is 37.5 Å². The second-order valence-corrected chi connectivity index (χ2v) is 9.68. The maximum atomic E-state index is 14.0. The summed E-state index contributed by atoms with van der Waals surface area (Å²) < 4.78 is 43.7. The molecule has 1 heterocycles. The first kappa shape index (κ1) is 21.3. The average Bonchev–Trinajstić information content (AvgIpc) is 3.06. The molecule has 0 aliphatic carbocycles. The van der Waals surface area contributed by atoms with Crippen molar-refractivity contribution in [2.45, 2.75) is 45.4 Å². The van der Waals surface area contributed by atoms with Gasteiger partial charge in [0.05, 0.1) is 11.5 Å². The van der Waals surface area contributed by atoms with Crippen LogP contribution in [-0.2, 0) is 21.2 Å². The lowest BCUT2D eigenvalue weighted by Crippen LogP contribution is -2.47. The minimum atomic E-state index is -3.17. The van der Waals surface area contributed by atoms with Gasteiger partial charge in [-0.25, -0.2) is 12.8 Å². The van der Waals surface area contributed by atoms with Gasteiger partial charge in [-0.2, -0.15) is 0 Å². The van der Waals surface area contributed by atoms with Gasteiger partial charge in [0.1, 0.15) is 0 Å². The molecule has 0 N–H and O–H groups in total. The van der Waals surface area contributed by atoms with Crippen LogP contribution in [0.2, 0.25) is 0 Å². The van der Waals surface area contributed by atoms with Crippen molar-refractivity contribution in [2.75, 3.05) is 11.5 Å². The van der Waals surface area contributed by atoms with Crippen molar-refractivity contribution in [3.63, 3.8) is 0 Å². The number of aryl methyl sites for hydroxylation is 1. The summed E-state index contributed by atoms with van der Waals surface area (Å²) >= 11 is 0. The Bertz CT molecular complexity index is 959. The molecule has 1 amide bonds. The van der Waals surface area contributed by atoms with Crippen LogP contribution in [0.3, 0.4) is 0 Å². The summed E-state index contributed by atoms with van der Waals surface area (Å²) in [6, 6.07) is 13.3. The summed E-state index contributed by atoms with van der Waals surface area (Å²) in [5.41, 5.74) is 2.01. The standard InChI is InChI=1S/C22H26FNO4S/c1-3-20(28-21-7-5-4-6-19(21)23)22(25)24(18-12-13-29(26,27)15-18)14-17-10-8-16(2)9-11-17/h4-11,18,20H,3,12-15H2,1-2H3/t18-,20+/m0/s1. The minimum Gasteiger partial charge on any atom is -0.478 e. The van der Waals surface area contributed by atoms with Crippen LogP contribution in [0.15, 0.2) is 48.5 Å². The molecule has 1 fully saturated rings. The fourth-order valence-electron chi connectivity index (χ4n) is 3.49. The fourth-order valence-corrected chi connectivity index (χ4v) is 5.22. The van der Waals surface area contributed by atoms with Crippen LogP contribution in [0.1, 0.15) is 30.9 Å². The van der Waals surface area contributed by atoms with E-state index in [0.29, 0.717) is 12.8 Å². The van der Waals surface area contributed by atoms with E-state index >= 15 is 0 Å². The minimum absolute atomic E-state index is 0.0158. The summed E-state index contributed by atoms with van der Waals surface area (Å²) in [7, 11) is -3.17. The highest BCUT2D eigenvalue weighted by molar-refractivity contribution is 7.91. The first-order chi connectivity index (χ1) is 13.8. The first-order valence-electron chi connectivity index (χ1n) is 9.76. The van der Waals surface area contributed by atoms with Crippen LogP contribution in [0.4, 0.5) is 4.39 Å². The lowest BCUT2D eigenvalue weighted by Gasteiger charge is -2.32. The molecular formula is C22H26FNO4S. The predicted octanol–water partition coefficient (Wildman–Crippen LogP) is 3.51. The average molecular weight is 420 g/mol. The van der Waals surface area contributed by atoms with Gasteiger partial charge in [-0.15, -0.1) is 0 Å². The molecule has 1 saturated heterocycles. The van der Waals surface area contributed by atoms with Crippen LogP contribution in [0, 0.1) is 12.7 Å². The summed E-state index contributed by atoms with van der Waals surface area (Å²) in [6.07, 6.45) is -0.145. The molecule has 3 rings (SSSR count). The Morgan fingerprint density at radius 1 is 1.21 bits per heavy atom. The molecule has 0 bridgehead atoms. The Labute approximate surface area is 171 Å². The predicted molar refractivity (Wildman–Crippen MR) is 110 cm³/mol. The van der Waals surface area contributed by atoms with E-state index in [1.807, 2.05) is 31.2 Å². The van der Waals surface area contributed by atoms with Crippen LogP contribution in [0.25, 0.3) is 0 Å². The highest BCUT2D eigenvalue weighted by Gasteiger charge is 2.37. The molecule has 0 spiro atoms. The molecule has 2 aromatic rings. The largest absolute Gasteiger partial charge is 0.478 e. The number of hydrogen-bond donors (Lipinski definition) is 0. The van der Waals surface area contributed by atoms with Gasteiger partial charge in [-0.1, -0.05) is 48.9 Å². The molecule has 1 aliphatic rings. The number of carbonyl (C=O) groups excluding carboxylic acids is 1. The van der Waals surface area contributed by atoms with Crippen LogP contribution in [-0.4, -0.2) is 42.9 Å². The molecule has 1 aliphatic heterocycles. The molecule has 0 aromatic heterocycles. The lowest BCUT2D eigenvalue weighted by atomic mass is 10.1. The number of benzene rings is 2. The highest BCUT2D eigenvalue weighted by Crippen LogP contribution is 2.24. The van der Waals surface area contributed by atoms with E-state index in [-0.39, 0.29) is 29.7 Å². The van der Waals surface area contributed by atoms with E-state index in [0.717, 1.165) is 11.1 Å².